The number of hydrogen-bond acceptors (Lipinski definition) is 5. The van der Waals surface area contributed by atoms with E-state index < -0.39 is 17.4 Å². The lowest BCUT2D eigenvalue weighted by Gasteiger charge is -2.34. The highest BCUT2D eigenvalue weighted by Crippen LogP contribution is 2.58. The molecule has 146 valence electrons. The van der Waals surface area contributed by atoms with E-state index >= 15 is 0 Å². The van der Waals surface area contributed by atoms with Crippen LogP contribution in [0.1, 0.15) is 37.7 Å². The Hall–Kier alpha value is -2.14. The molecular weight excluding hydrogens is 344 g/mol. The van der Waals surface area contributed by atoms with E-state index in [0.29, 0.717) is 26.1 Å². The summed E-state index contributed by atoms with van der Waals surface area (Å²) in [6, 6.07) is 10.0. The second kappa shape index (κ2) is 8.26. The number of ether oxygens (including phenoxy) is 3. The minimum atomic E-state index is -1.24. The van der Waals surface area contributed by atoms with Gasteiger partial charge in [0.2, 0.25) is 0 Å². The average molecular weight is 372 g/mol. The first-order valence-corrected chi connectivity index (χ1v) is 9.51. The Bertz CT molecular complexity index is 680. The molecule has 0 aromatic heterocycles. The number of benzene rings is 1. The maximum atomic E-state index is 12.6. The Morgan fingerprint density at radius 3 is 2.48 bits per heavy atom. The van der Waals surface area contributed by atoms with Crippen LogP contribution in [0.2, 0.25) is 0 Å². The summed E-state index contributed by atoms with van der Waals surface area (Å²) >= 11 is 0. The highest BCUT2D eigenvalue weighted by molar-refractivity contribution is 6.00. The predicted molar refractivity (Wildman–Crippen MR) is 101 cm³/mol. The maximum Gasteiger partial charge on any atom is 0.323 e. The van der Waals surface area contributed by atoms with Crippen LogP contribution >= 0.6 is 0 Å². The molecule has 0 spiro atoms. The summed E-state index contributed by atoms with van der Waals surface area (Å²) < 4.78 is 16.1. The highest BCUT2D eigenvalue weighted by atomic mass is 16.5. The van der Waals surface area contributed by atoms with Crippen LogP contribution in [0, 0.1) is 16.7 Å². The Balaban J connectivity index is 1.84. The maximum absolute atomic E-state index is 12.6. The van der Waals surface area contributed by atoms with E-state index in [2.05, 4.69) is 12.2 Å². The molecule has 1 aromatic rings. The summed E-state index contributed by atoms with van der Waals surface area (Å²) in [6.45, 7) is 1.02. The molecule has 0 N–H and O–H groups in total. The Kier molecular flexibility index (Phi) is 6.00. The van der Waals surface area contributed by atoms with Crippen molar-refractivity contribution >= 4 is 11.9 Å². The van der Waals surface area contributed by atoms with Crippen LogP contribution in [0.25, 0.3) is 0 Å². The first-order chi connectivity index (χ1) is 13.1. The topological polar surface area (TPSA) is 61.8 Å². The van der Waals surface area contributed by atoms with Gasteiger partial charge >= 0.3 is 11.9 Å². The lowest BCUT2D eigenvalue weighted by Crippen LogP contribution is -2.40. The molecule has 0 saturated heterocycles. The average Bonchev–Trinajstić information content (AvgIpc) is 2.91. The fourth-order valence-corrected chi connectivity index (χ4v) is 4.74. The van der Waals surface area contributed by atoms with Crippen molar-refractivity contribution in [1.82, 2.24) is 0 Å². The van der Waals surface area contributed by atoms with E-state index in [-0.39, 0.29) is 11.3 Å². The molecule has 2 atom stereocenters. The summed E-state index contributed by atoms with van der Waals surface area (Å²) in [7, 11) is 2.66. The molecule has 1 saturated carbocycles. The van der Waals surface area contributed by atoms with Crippen LogP contribution in [-0.2, 0) is 30.4 Å². The van der Waals surface area contributed by atoms with Crippen LogP contribution in [-0.4, -0.2) is 32.8 Å². The van der Waals surface area contributed by atoms with Gasteiger partial charge in [-0.05, 0) is 43.6 Å². The lowest BCUT2D eigenvalue weighted by molar-refractivity contribution is -0.169. The number of carbonyl (C=O) groups excluding carboxylic acids is 2. The van der Waals surface area contributed by atoms with E-state index in [4.69, 9.17) is 14.2 Å². The van der Waals surface area contributed by atoms with E-state index in [1.165, 1.54) is 14.2 Å². The van der Waals surface area contributed by atoms with E-state index in [1.54, 1.807) is 0 Å². The van der Waals surface area contributed by atoms with Crippen LogP contribution in [0.15, 0.2) is 42.5 Å². The molecule has 0 aliphatic heterocycles. The molecule has 1 fully saturated rings. The highest BCUT2D eigenvalue weighted by Gasteiger charge is 2.62. The quantitative estimate of drug-likeness (QED) is 0.433. The summed E-state index contributed by atoms with van der Waals surface area (Å²) in [4.78, 5) is 25.2. The van der Waals surface area contributed by atoms with Gasteiger partial charge in [-0.25, -0.2) is 0 Å². The minimum absolute atomic E-state index is 0.0916. The van der Waals surface area contributed by atoms with Gasteiger partial charge in [0.1, 0.15) is 0 Å². The molecule has 0 heterocycles. The number of allylic oxidation sites excluding steroid dienone is 2. The molecule has 0 unspecified atom stereocenters. The fraction of sp³-hybridized carbons (Fsp3) is 0.545. The molecule has 5 nitrogen and oxygen atoms in total. The van der Waals surface area contributed by atoms with Crippen molar-refractivity contribution in [2.45, 2.75) is 38.7 Å². The zero-order valence-corrected chi connectivity index (χ0v) is 16.1. The van der Waals surface area contributed by atoms with Crippen molar-refractivity contribution in [2.75, 3.05) is 20.8 Å². The second-order valence-electron chi connectivity index (χ2n) is 7.71. The number of hydrogen-bond donors (Lipinski definition) is 0. The zero-order chi connectivity index (χ0) is 19.3. The molecule has 5 heteroatoms. The summed E-state index contributed by atoms with van der Waals surface area (Å²) in [6.07, 6.45) is 8.08. The van der Waals surface area contributed by atoms with Gasteiger partial charge in [-0.15, -0.1) is 0 Å². The van der Waals surface area contributed by atoms with E-state index in [9.17, 15) is 9.59 Å². The molecule has 0 radical (unpaired) electrons. The monoisotopic (exact) mass is 372 g/mol. The van der Waals surface area contributed by atoms with Gasteiger partial charge in [-0.2, -0.15) is 0 Å². The summed E-state index contributed by atoms with van der Waals surface area (Å²) in [5.74, 6) is -0.912. The first-order valence-electron chi connectivity index (χ1n) is 9.51. The van der Waals surface area contributed by atoms with Gasteiger partial charge in [0, 0.05) is 5.41 Å². The molecule has 27 heavy (non-hydrogen) atoms. The minimum Gasteiger partial charge on any atom is -0.468 e. The summed E-state index contributed by atoms with van der Waals surface area (Å²) in [5.41, 5.74) is -0.393. The van der Waals surface area contributed by atoms with Gasteiger partial charge in [-0.1, -0.05) is 42.5 Å². The smallest absolute Gasteiger partial charge is 0.323 e. The molecule has 2 aliphatic rings. The SMILES string of the molecule is COC(=O)C1(C(=O)OC)C[C@@H]2C=CCCC[C@]2(COCc2ccccc2)C1. The largest absolute Gasteiger partial charge is 0.468 e. The van der Waals surface area contributed by atoms with Crippen molar-refractivity contribution in [2.24, 2.45) is 16.7 Å². The summed E-state index contributed by atoms with van der Waals surface area (Å²) in [5, 5.41) is 0. The lowest BCUT2D eigenvalue weighted by atomic mass is 9.74. The van der Waals surface area contributed by atoms with Crippen LogP contribution < -0.4 is 0 Å². The zero-order valence-electron chi connectivity index (χ0n) is 16.1. The fourth-order valence-electron chi connectivity index (χ4n) is 4.74. The second-order valence-corrected chi connectivity index (χ2v) is 7.71. The third kappa shape index (κ3) is 3.79. The van der Waals surface area contributed by atoms with Gasteiger partial charge in [0.05, 0.1) is 27.4 Å². The van der Waals surface area contributed by atoms with Crippen molar-refractivity contribution in [3.63, 3.8) is 0 Å². The van der Waals surface area contributed by atoms with Gasteiger partial charge in [0.25, 0.3) is 0 Å². The van der Waals surface area contributed by atoms with Gasteiger partial charge in [-0.3, -0.25) is 9.59 Å². The molecule has 1 aromatic carbocycles. The van der Waals surface area contributed by atoms with Crippen molar-refractivity contribution in [3.8, 4) is 0 Å². The van der Waals surface area contributed by atoms with Crippen LogP contribution in [0.5, 0.6) is 0 Å². The predicted octanol–water partition coefficient (Wildman–Crippen LogP) is 3.67. The van der Waals surface area contributed by atoms with Gasteiger partial charge < -0.3 is 14.2 Å². The van der Waals surface area contributed by atoms with Crippen LogP contribution in [0.3, 0.4) is 0 Å². The van der Waals surface area contributed by atoms with Crippen LogP contribution in [0.4, 0.5) is 0 Å². The molecule has 0 amide bonds. The van der Waals surface area contributed by atoms with Crippen molar-refractivity contribution in [1.29, 1.82) is 0 Å². The number of methoxy groups -OCH3 is 2. The Labute approximate surface area is 160 Å². The standard InChI is InChI=1S/C22H28O5/c1-25-19(23)22(20(24)26-2)13-18-11-7-4-8-12-21(18,15-22)16-27-14-17-9-5-3-6-10-17/h3,5-7,9-11,18H,4,8,12-16H2,1-2H3/t18-,21+/m0/s1. The number of rotatable bonds is 6. The molecule has 3 rings (SSSR count). The molecular formula is C22H28O5. The molecule has 0 bridgehead atoms. The van der Waals surface area contributed by atoms with E-state index in [0.717, 1.165) is 24.8 Å². The van der Waals surface area contributed by atoms with Crippen molar-refractivity contribution < 1.29 is 23.8 Å². The number of fused-ring (bicyclic) bond motifs is 1. The first kappa shape index (κ1) is 19.6. The van der Waals surface area contributed by atoms with Crippen molar-refractivity contribution in [3.05, 3.63) is 48.0 Å². The third-order valence-corrected chi connectivity index (χ3v) is 6.08. The number of carbonyl (C=O) groups is 2. The number of esters is 2. The normalized spacial score (nSPS) is 26.1. The molecule has 2 aliphatic carbocycles. The van der Waals surface area contributed by atoms with Gasteiger partial charge in [0.15, 0.2) is 5.41 Å². The Morgan fingerprint density at radius 2 is 1.81 bits per heavy atom. The Morgan fingerprint density at radius 1 is 1.11 bits per heavy atom. The van der Waals surface area contributed by atoms with E-state index in [1.807, 2.05) is 30.3 Å². The third-order valence-electron chi connectivity index (χ3n) is 6.08.